The molecule has 1 aliphatic carbocycles. The molecule has 1 saturated carbocycles. The monoisotopic (exact) mass is 415 g/mol. The number of rotatable bonds is 4. The van der Waals surface area contributed by atoms with Gasteiger partial charge in [-0.15, -0.1) is 24.8 Å². The zero-order valence-electron chi connectivity index (χ0n) is 16.9. The van der Waals surface area contributed by atoms with Crippen LogP contribution in [0.4, 0.5) is 0 Å². The first-order valence-electron chi connectivity index (χ1n) is 8.95. The van der Waals surface area contributed by atoms with E-state index in [1.807, 2.05) is 31.5 Å². The highest BCUT2D eigenvalue weighted by Crippen LogP contribution is 2.40. The molecule has 0 unspecified atom stereocenters. The molecule has 3 rings (SSSR count). The lowest BCUT2D eigenvalue weighted by atomic mass is 10.0. The molecule has 0 atom stereocenters. The molecule has 0 bridgehead atoms. The van der Waals surface area contributed by atoms with E-state index >= 15 is 0 Å². The zero-order valence-corrected chi connectivity index (χ0v) is 18.6. The van der Waals surface area contributed by atoms with Gasteiger partial charge in [-0.3, -0.25) is 4.79 Å². The number of amides is 1. The first kappa shape index (κ1) is 23.7. The molecule has 1 fully saturated rings. The number of aryl methyl sites for hydroxylation is 1. The van der Waals surface area contributed by atoms with Gasteiger partial charge in [0.1, 0.15) is 0 Å². The summed E-state index contributed by atoms with van der Waals surface area (Å²) in [6, 6.07) is 1.94. The summed E-state index contributed by atoms with van der Waals surface area (Å²) in [6.45, 7) is 12.4. The number of nitrogens with zero attached hydrogens (tertiary/aromatic N) is 3. The fraction of sp³-hybridized carbons (Fsp3) is 0.632. The summed E-state index contributed by atoms with van der Waals surface area (Å²) < 4.78 is 1.94. The fourth-order valence-electron chi connectivity index (χ4n) is 2.95. The molecule has 8 heteroatoms. The number of pyridine rings is 1. The molecule has 1 aliphatic rings. The lowest BCUT2D eigenvalue weighted by Crippen LogP contribution is -2.45. The molecule has 0 radical (unpaired) electrons. The van der Waals surface area contributed by atoms with E-state index < -0.39 is 5.54 Å². The molecule has 152 valence electrons. The average Bonchev–Trinajstić information content (AvgIpc) is 3.27. The van der Waals surface area contributed by atoms with Crippen molar-refractivity contribution in [3.8, 4) is 0 Å². The number of aromatic nitrogens is 3. The maximum Gasteiger partial charge on any atom is 0.252 e. The molecule has 0 saturated heterocycles. The van der Waals surface area contributed by atoms with Gasteiger partial charge >= 0.3 is 0 Å². The van der Waals surface area contributed by atoms with Crippen molar-refractivity contribution in [3.63, 3.8) is 0 Å². The van der Waals surface area contributed by atoms with E-state index in [4.69, 9.17) is 10.7 Å². The van der Waals surface area contributed by atoms with Crippen molar-refractivity contribution in [1.29, 1.82) is 0 Å². The minimum atomic E-state index is -0.453. The van der Waals surface area contributed by atoms with Crippen LogP contribution in [0.1, 0.15) is 75.1 Å². The summed E-state index contributed by atoms with van der Waals surface area (Å²) in [5.41, 5.74) is 8.64. The summed E-state index contributed by atoms with van der Waals surface area (Å²) in [6.07, 6.45) is 2.27. The van der Waals surface area contributed by atoms with Crippen molar-refractivity contribution in [2.45, 2.75) is 71.4 Å². The second-order valence-electron chi connectivity index (χ2n) is 8.91. The van der Waals surface area contributed by atoms with Gasteiger partial charge in [-0.1, -0.05) is 0 Å². The maximum absolute atomic E-state index is 12.9. The third-order valence-corrected chi connectivity index (χ3v) is 4.41. The predicted molar refractivity (Wildman–Crippen MR) is 114 cm³/mol. The van der Waals surface area contributed by atoms with Crippen LogP contribution in [0.25, 0.3) is 11.0 Å². The molecule has 1 amide bonds. The summed E-state index contributed by atoms with van der Waals surface area (Å²) in [4.78, 5) is 17.8. The Morgan fingerprint density at radius 3 is 2.33 bits per heavy atom. The Morgan fingerprint density at radius 2 is 1.85 bits per heavy atom. The highest BCUT2D eigenvalue weighted by Gasteiger charge is 2.30. The number of carbonyl (C=O) groups is 1. The smallest absolute Gasteiger partial charge is 0.252 e. The lowest BCUT2D eigenvalue weighted by Gasteiger charge is -2.21. The highest BCUT2D eigenvalue weighted by atomic mass is 35.5. The molecule has 6 nitrogen and oxygen atoms in total. The Kier molecular flexibility index (Phi) is 6.96. The summed E-state index contributed by atoms with van der Waals surface area (Å²) in [5, 5.41) is 8.49. The topological polar surface area (TPSA) is 85.8 Å². The molecular formula is C19H31Cl2N5O. The SMILES string of the molecule is Cc1nn(C(C)(C)C)c2nc(C3CC3)cc(C(=O)NCC(C)(C)N)c12.Cl.Cl. The third kappa shape index (κ3) is 5.12. The quantitative estimate of drug-likeness (QED) is 0.796. The van der Waals surface area contributed by atoms with Gasteiger partial charge in [0.05, 0.1) is 22.2 Å². The normalized spacial score (nSPS) is 14.5. The Balaban J connectivity index is 0.00000182. The molecule has 2 heterocycles. The number of hydrogen-bond donors (Lipinski definition) is 2. The van der Waals surface area contributed by atoms with Gasteiger partial charge in [0.25, 0.3) is 5.91 Å². The summed E-state index contributed by atoms with van der Waals surface area (Å²) >= 11 is 0. The number of halogens is 2. The largest absolute Gasteiger partial charge is 0.350 e. The molecular weight excluding hydrogens is 385 g/mol. The Morgan fingerprint density at radius 1 is 1.26 bits per heavy atom. The number of nitrogens with one attached hydrogen (secondary N) is 1. The van der Waals surface area contributed by atoms with Gasteiger partial charge < -0.3 is 11.1 Å². The van der Waals surface area contributed by atoms with Gasteiger partial charge in [-0.25, -0.2) is 9.67 Å². The predicted octanol–water partition coefficient (Wildman–Crippen LogP) is 3.68. The first-order valence-corrected chi connectivity index (χ1v) is 8.95. The van der Waals surface area contributed by atoms with Crippen LogP contribution in [0.5, 0.6) is 0 Å². The van der Waals surface area contributed by atoms with Crippen molar-refractivity contribution in [1.82, 2.24) is 20.1 Å². The van der Waals surface area contributed by atoms with Crippen LogP contribution < -0.4 is 11.1 Å². The van der Waals surface area contributed by atoms with E-state index in [0.29, 0.717) is 18.0 Å². The number of carbonyl (C=O) groups excluding carboxylic acids is 1. The molecule has 0 spiro atoms. The minimum Gasteiger partial charge on any atom is -0.350 e. The van der Waals surface area contributed by atoms with Crippen molar-refractivity contribution >= 4 is 41.8 Å². The third-order valence-electron chi connectivity index (χ3n) is 4.41. The van der Waals surface area contributed by atoms with Crippen LogP contribution in [-0.2, 0) is 5.54 Å². The van der Waals surface area contributed by atoms with Crippen molar-refractivity contribution in [3.05, 3.63) is 23.0 Å². The Hall–Kier alpha value is -1.37. The Labute approximate surface area is 173 Å². The van der Waals surface area contributed by atoms with E-state index in [-0.39, 0.29) is 36.3 Å². The van der Waals surface area contributed by atoms with Gasteiger partial charge in [-0.2, -0.15) is 5.10 Å². The summed E-state index contributed by atoms with van der Waals surface area (Å²) in [7, 11) is 0. The Bertz CT molecular complexity index is 829. The number of hydrogen-bond acceptors (Lipinski definition) is 4. The highest BCUT2D eigenvalue weighted by molar-refractivity contribution is 6.06. The van der Waals surface area contributed by atoms with Gasteiger partial charge in [0, 0.05) is 23.7 Å². The zero-order chi connectivity index (χ0) is 18.6. The molecule has 2 aromatic heterocycles. The van der Waals surface area contributed by atoms with E-state index in [2.05, 4.69) is 31.2 Å². The molecule has 27 heavy (non-hydrogen) atoms. The fourth-order valence-corrected chi connectivity index (χ4v) is 2.95. The standard InChI is InChI=1S/C19H29N5O.2ClH/c1-11-15-13(17(25)21-10-19(5,6)20)9-14(12-7-8-12)22-16(15)24(23-11)18(2,3)4;;/h9,12H,7-8,10,20H2,1-6H3,(H,21,25);2*1H. The van der Waals surface area contributed by atoms with Gasteiger partial charge in [0.15, 0.2) is 5.65 Å². The van der Waals surface area contributed by atoms with Crippen LogP contribution >= 0.6 is 24.8 Å². The van der Waals surface area contributed by atoms with Crippen LogP contribution in [0.3, 0.4) is 0 Å². The van der Waals surface area contributed by atoms with Crippen molar-refractivity contribution in [2.24, 2.45) is 5.73 Å². The summed E-state index contributed by atoms with van der Waals surface area (Å²) in [5.74, 6) is 0.356. The van der Waals surface area contributed by atoms with Crippen LogP contribution in [0.2, 0.25) is 0 Å². The molecule has 0 aliphatic heterocycles. The van der Waals surface area contributed by atoms with E-state index in [1.165, 1.54) is 0 Å². The molecule has 3 N–H and O–H groups in total. The van der Waals surface area contributed by atoms with E-state index in [9.17, 15) is 4.79 Å². The second kappa shape index (κ2) is 7.94. The first-order chi connectivity index (χ1) is 11.5. The number of fused-ring (bicyclic) bond motifs is 1. The van der Waals surface area contributed by atoms with E-state index in [0.717, 1.165) is 35.3 Å². The maximum atomic E-state index is 12.9. The van der Waals surface area contributed by atoms with Crippen LogP contribution in [0, 0.1) is 6.92 Å². The average molecular weight is 416 g/mol. The lowest BCUT2D eigenvalue weighted by molar-refractivity contribution is 0.0947. The van der Waals surface area contributed by atoms with Gasteiger partial charge in [-0.05, 0) is 60.5 Å². The van der Waals surface area contributed by atoms with E-state index in [1.54, 1.807) is 0 Å². The van der Waals surface area contributed by atoms with Crippen LogP contribution in [0.15, 0.2) is 6.07 Å². The minimum absolute atomic E-state index is 0. The van der Waals surface area contributed by atoms with Crippen LogP contribution in [-0.4, -0.2) is 32.8 Å². The molecule has 2 aromatic rings. The van der Waals surface area contributed by atoms with Crippen molar-refractivity contribution in [2.75, 3.05) is 6.54 Å². The molecule has 0 aromatic carbocycles. The second-order valence-corrected chi connectivity index (χ2v) is 8.91. The van der Waals surface area contributed by atoms with Crippen molar-refractivity contribution < 1.29 is 4.79 Å². The number of nitrogens with two attached hydrogens (primary N) is 1. The van der Waals surface area contributed by atoms with Gasteiger partial charge in [0.2, 0.25) is 0 Å².